The molecule has 4 rings (SSSR count). The molecule has 0 bridgehead atoms. The van der Waals surface area contributed by atoms with Crippen molar-refractivity contribution in [2.24, 2.45) is 0 Å². The first-order valence-corrected chi connectivity index (χ1v) is 14.4. The molecule has 1 N–H and O–H groups in total. The van der Waals surface area contributed by atoms with Crippen LogP contribution < -0.4 is 9.62 Å². The number of thioether (sulfide) groups is 1. The summed E-state index contributed by atoms with van der Waals surface area (Å²) in [7, 11) is -3.99. The molecule has 0 atom stereocenters. The quantitative estimate of drug-likeness (QED) is 0.221. The van der Waals surface area contributed by atoms with E-state index in [0.29, 0.717) is 15.2 Å². The summed E-state index contributed by atoms with van der Waals surface area (Å²) in [4.78, 5) is 13.1. The predicted octanol–water partition coefficient (Wildman–Crippen LogP) is 5.59. The lowest BCUT2D eigenvalue weighted by molar-refractivity contribution is -0.114. The fraction of sp³-hybridized carbons (Fsp3) is 0.192. The minimum atomic E-state index is -3.99. The van der Waals surface area contributed by atoms with Gasteiger partial charge in [-0.1, -0.05) is 77.2 Å². The zero-order valence-corrected chi connectivity index (χ0v) is 22.6. The number of rotatable bonds is 9. The largest absolute Gasteiger partial charge is 0.299 e. The van der Waals surface area contributed by atoms with Crippen LogP contribution in [0.15, 0.2) is 82.0 Å². The zero-order valence-electron chi connectivity index (χ0n) is 20.1. The van der Waals surface area contributed by atoms with Crippen LogP contribution in [0, 0.1) is 20.8 Å². The summed E-state index contributed by atoms with van der Waals surface area (Å²) in [6, 6.07) is 21.9. The first-order chi connectivity index (χ1) is 17.2. The molecule has 1 heterocycles. The molecule has 0 aliphatic heterocycles. The maximum atomic E-state index is 13.6. The van der Waals surface area contributed by atoms with Crippen molar-refractivity contribution in [3.05, 3.63) is 95.1 Å². The standard InChI is InChI=1S/C26H26N4O3S3/c1-18-9-13-23(14-10-18)36(32,33)30(22-12-11-19(2)20(3)15-22)16-24(31)27-25-28-29-26(35-25)34-17-21-7-5-4-6-8-21/h4-15H,16-17H2,1-3H3,(H,27,28,31). The number of carbonyl (C=O) groups is 1. The molecule has 3 aromatic carbocycles. The molecule has 7 nitrogen and oxygen atoms in total. The molecular weight excluding hydrogens is 513 g/mol. The molecule has 0 saturated carbocycles. The Kier molecular flexibility index (Phi) is 8.07. The highest BCUT2D eigenvalue weighted by atomic mass is 32.2. The second kappa shape index (κ2) is 11.2. The topological polar surface area (TPSA) is 92.3 Å². The lowest BCUT2D eigenvalue weighted by Gasteiger charge is -2.24. The average Bonchev–Trinajstić information content (AvgIpc) is 3.31. The summed E-state index contributed by atoms with van der Waals surface area (Å²) >= 11 is 2.78. The van der Waals surface area contributed by atoms with E-state index in [1.807, 2.05) is 57.2 Å². The molecular formula is C26H26N4O3S3. The number of sulfonamides is 1. The number of anilines is 2. The molecule has 186 valence electrons. The van der Waals surface area contributed by atoms with Gasteiger partial charge >= 0.3 is 0 Å². The van der Waals surface area contributed by atoms with Gasteiger partial charge in [0, 0.05) is 5.75 Å². The number of hydrogen-bond acceptors (Lipinski definition) is 7. The molecule has 1 amide bonds. The number of carbonyl (C=O) groups excluding carboxylic acids is 1. The molecule has 0 saturated heterocycles. The van der Waals surface area contributed by atoms with E-state index in [9.17, 15) is 13.2 Å². The Morgan fingerprint density at radius 3 is 2.36 bits per heavy atom. The number of benzene rings is 3. The summed E-state index contributed by atoms with van der Waals surface area (Å²) in [6.45, 7) is 5.35. The Hall–Kier alpha value is -3.21. The maximum absolute atomic E-state index is 13.6. The van der Waals surface area contributed by atoms with Crippen molar-refractivity contribution in [1.82, 2.24) is 10.2 Å². The van der Waals surface area contributed by atoms with Gasteiger partial charge < -0.3 is 0 Å². The molecule has 0 fully saturated rings. The van der Waals surface area contributed by atoms with Crippen LogP contribution in [-0.2, 0) is 20.6 Å². The van der Waals surface area contributed by atoms with Crippen LogP contribution in [0.2, 0.25) is 0 Å². The van der Waals surface area contributed by atoms with E-state index in [-0.39, 0.29) is 4.90 Å². The van der Waals surface area contributed by atoms with Gasteiger partial charge in [-0.25, -0.2) is 8.42 Å². The summed E-state index contributed by atoms with van der Waals surface area (Å²) in [5.74, 6) is 0.235. The van der Waals surface area contributed by atoms with E-state index >= 15 is 0 Å². The Labute approximate surface area is 219 Å². The van der Waals surface area contributed by atoms with Crippen molar-refractivity contribution < 1.29 is 13.2 Å². The monoisotopic (exact) mass is 538 g/mol. The Morgan fingerprint density at radius 2 is 1.67 bits per heavy atom. The Bertz CT molecular complexity index is 1450. The Balaban J connectivity index is 1.52. The first-order valence-electron chi connectivity index (χ1n) is 11.2. The third-order valence-electron chi connectivity index (χ3n) is 5.53. The maximum Gasteiger partial charge on any atom is 0.264 e. The molecule has 4 aromatic rings. The number of aryl methyl sites for hydroxylation is 3. The van der Waals surface area contributed by atoms with Crippen molar-refractivity contribution in [2.45, 2.75) is 35.8 Å². The summed E-state index contributed by atoms with van der Waals surface area (Å²) in [5.41, 5.74) is 4.49. The molecule has 0 aliphatic carbocycles. The lowest BCUT2D eigenvalue weighted by Crippen LogP contribution is -2.38. The summed E-state index contributed by atoms with van der Waals surface area (Å²) < 4.78 is 29.0. The molecule has 0 radical (unpaired) electrons. The van der Waals surface area contributed by atoms with Gasteiger partial charge in [0.25, 0.3) is 10.0 Å². The van der Waals surface area contributed by atoms with Crippen LogP contribution in [0.5, 0.6) is 0 Å². The third kappa shape index (κ3) is 6.31. The minimum Gasteiger partial charge on any atom is -0.299 e. The van der Waals surface area contributed by atoms with Crippen LogP contribution in [-0.4, -0.2) is 31.1 Å². The fourth-order valence-corrected chi connectivity index (χ4v) is 6.50. The van der Waals surface area contributed by atoms with E-state index in [1.54, 1.807) is 36.4 Å². The highest BCUT2D eigenvalue weighted by Crippen LogP contribution is 2.29. The number of nitrogens with zero attached hydrogens (tertiary/aromatic N) is 3. The van der Waals surface area contributed by atoms with Crippen LogP contribution in [0.3, 0.4) is 0 Å². The average molecular weight is 539 g/mol. The molecule has 0 spiro atoms. The number of hydrogen-bond donors (Lipinski definition) is 1. The van der Waals surface area contributed by atoms with Gasteiger partial charge in [0.15, 0.2) is 4.34 Å². The smallest absolute Gasteiger partial charge is 0.264 e. The van der Waals surface area contributed by atoms with Crippen LogP contribution in [0.4, 0.5) is 10.8 Å². The second-order valence-electron chi connectivity index (χ2n) is 8.29. The van der Waals surface area contributed by atoms with Gasteiger partial charge in [-0.3, -0.25) is 14.4 Å². The lowest BCUT2D eigenvalue weighted by atomic mass is 10.1. The van der Waals surface area contributed by atoms with Crippen LogP contribution >= 0.6 is 23.1 Å². The number of nitrogens with one attached hydrogen (secondary N) is 1. The highest BCUT2D eigenvalue weighted by molar-refractivity contribution is 8.00. The SMILES string of the molecule is Cc1ccc(S(=O)(=O)N(CC(=O)Nc2nnc(SCc3ccccc3)s2)c2ccc(C)c(C)c2)cc1. The molecule has 10 heteroatoms. The van der Waals surface area contributed by atoms with Crippen LogP contribution in [0.25, 0.3) is 0 Å². The fourth-order valence-electron chi connectivity index (χ4n) is 3.36. The summed E-state index contributed by atoms with van der Waals surface area (Å²) in [5, 5.41) is 11.2. The van der Waals surface area contributed by atoms with Crippen LogP contribution in [0.1, 0.15) is 22.3 Å². The van der Waals surface area contributed by atoms with Gasteiger partial charge in [0.1, 0.15) is 6.54 Å². The highest BCUT2D eigenvalue weighted by Gasteiger charge is 2.28. The van der Waals surface area contributed by atoms with Gasteiger partial charge in [-0.15, -0.1) is 10.2 Å². The number of amides is 1. The zero-order chi connectivity index (χ0) is 25.7. The van der Waals surface area contributed by atoms with Gasteiger partial charge in [0.2, 0.25) is 11.0 Å². The van der Waals surface area contributed by atoms with E-state index in [0.717, 1.165) is 32.3 Å². The van der Waals surface area contributed by atoms with E-state index in [1.165, 1.54) is 23.1 Å². The molecule has 36 heavy (non-hydrogen) atoms. The van der Waals surface area contributed by atoms with E-state index in [4.69, 9.17) is 0 Å². The van der Waals surface area contributed by atoms with Crippen molar-refractivity contribution in [2.75, 3.05) is 16.2 Å². The van der Waals surface area contributed by atoms with Gasteiger partial charge in [0.05, 0.1) is 10.6 Å². The second-order valence-corrected chi connectivity index (χ2v) is 12.4. The van der Waals surface area contributed by atoms with E-state index < -0.39 is 22.5 Å². The first kappa shape index (κ1) is 25.9. The van der Waals surface area contributed by atoms with Gasteiger partial charge in [-0.05, 0) is 61.7 Å². The third-order valence-corrected chi connectivity index (χ3v) is 9.36. The molecule has 1 aromatic heterocycles. The number of aromatic nitrogens is 2. The van der Waals surface area contributed by atoms with Crippen molar-refractivity contribution in [1.29, 1.82) is 0 Å². The summed E-state index contributed by atoms with van der Waals surface area (Å²) in [6.07, 6.45) is 0. The van der Waals surface area contributed by atoms with E-state index in [2.05, 4.69) is 15.5 Å². The predicted molar refractivity (Wildman–Crippen MR) is 146 cm³/mol. The van der Waals surface area contributed by atoms with Gasteiger partial charge in [-0.2, -0.15) is 0 Å². The molecule has 0 unspecified atom stereocenters. The molecule has 0 aliphatic rings. The normalized spacial score (nSPS) is 11.3. The Morgan fingerprint density at radius 1 is 0.944 bits per heavy atom. The van der Waals surface area contributed by atoms with Crippen molar-refractivity contribution >= 4 is 49.8 Å². The minimum absolute atomic E-state index is 0.120. The van der Waals surface area contributed by atoms with Crippen molar-refractivity contribution in [3.63, 3.8) is 0 Å². The van der Waals surface area contributed by atoms with Crippen molar-refractivity contribution in [3.8, 4) is 0 Å².